The summed E-state index contributed by atoms with van der Waals surface area (Å²) in [6, 6.07) is 8.15. The molecule has 16 heavy (non-hydrogen) atoms. The molecule has 0 radical (unpaired) electrons. The van der Waals surface area contributed by atoms with E-state index in [1.165, 1.54) is 22.8 Å². The van der Waals surface area contributed by atoms with Gasteiger partial charge in [0.1, 0.15) is 0 Å². The molecule has 1 heterocycles. The fourth-order valence-electron chi connectivity index (χ4n) is 2.18. The highest BCUT2D eigenvalue weighted by molar-refractivity contribution is 14.1. The second kappa shape index (κ2) is 5.98. The topological polar surface area (TPSA) is 23.5 Å². The highest BCUT2D eigenvalue weighted by Crippen LogP contribution is 2.18. The lowest BCUT2D eigenvalue weighted by Gasteiger charge is -2.28. The van der Waals surface area contributed by atoms with Gasteiger partial charge in [0.2, 0.25) is 0 Å². The Balaban J connectivity index is 1.91. The van der Waals surface area contributed by atoms with Crippen LogP contribution in [0.4, 0.5) is 0 Å². The highest BCUT2D eigenvalue weighted by Gasteiger charge is 2.15. The monoisotopic (exact) mass is 331 g/mol. The van der Waals surface area contributed by atoms with E-state index in [-0.39, 0.29) is 6.10 Å². The maximum Gasteiger partial charge on any atom is 0.0916 e. The molecule has 1 fully saturated rings. The Kier molecular flexibility index (Phi) is 4.61. The summed E-state index contributed by atoms with van der Waals surface area (Å²) in [7, 11) is 0. The van der Waals surface area contributed by atoms with Crippen LogP contribution >= 0.6 is 22.6 Å². The molecule has 0 spiro atoms. The Labute approximate surface area is 111 Å². The van der Waals surface area contributed by atoms with Crippen molar-refractivity contribution in [1.29, 1.82) is 0 Å². The van der Waals surface area contributed by atoms with Crippen molar-refractivity contribution in [3.05, 3.63) is 33.4 Å². The molecule has 0 saturated carbocycles. The molecule has 1 unspecified atom stereocenters. The van der Waals surface area contributed by atoms with Gasteiger partial charge in [-0.3, -0.25) is 0 Å². The minimum absolute atomic E-state index is 0.338. The molecule has 0 aromatic heterocycles. The summed E-state index contributed by atoms with van der Waals surface area (Å²) in [5, 5.41) is 10.1. The van der Waals surface area contributed by atoms with Crippen LogP contribution in [0.15, 0.2) is 24.3 Å². The first-order valence-electron chi connectivity index (χ1n) is 5.91. The lowest BCUT2D eigenvalue weighted by atomic mass is 10.1. The average Bonchev–Trinajstić information content (AvgIpc) is 2.31. The number of aliphatic hydroxyl groups is 1. The number of likely N-dealkylation sites (tertiary alicyclic amines) is 1. The van der Waals surface area contributed by atoms with E-state index in [2.05, 4.69) is 39.6 Å². The van der Waals surface area contributed by atoms with E-state index in [1.807, 2.05) is 12.1 Å². The van der Waals surface area contributed by atoms with Crippen LogP contribution in [-0.4, -0.2) is 29.6 Å². The second-order valence-electron chi connectivity index (χ2n) is 4.43. The van der Waals surface area contributed by atoms with Crippen molar-refractivity contribution >= 4 is 22.6 Å². The van der Waals surface area contributed by atoms with Crippen molar-refractivity contribution in [1.82, 2.24) is 4.90 Å². The van der Waals surface area contributed by atoms with Gasteiger partial charge in [0.25, 0.3) is 0 Å². The quantitative estimate of drug-likeness (QED) is 0.861. The van der Waals surface area contributed by atoms with E-state index in [1.54, 1.807) is 0 Å². The molecule has 1 saturated heterocycles. The molecule has 88 valence electrons. The van der Waals surface area contributed by atoms with E-state index in [0.717, 1.165) is 25.2 Å². The van der Waals surface area contributed by atoms with Crippen molar-refractivity contribution in [3.8, 4) is 0 Å². The molecular weight excluding hydrogens is 313 g/mol. The van der Waals surface area contributed by atoms with E-state index < -0.39 is 0 Å². The molecule has 0 amide bonds. The predicted octanol–water partition coefficient (Wildman–Crippen LogP) is 2.81. The van der Waals surface area contributed by atoms with E-state index in [0.29, 0.717) is 0 Å². The standard InChI is InChI=1S/C13H18INO/c14-12-6-4-11(5-7-12)13(16)10-15-8-2-1-3-9-15/h4-7,13,16H,1-3,8-10H2. The Bertz CT molecular complexity index is 319. The minimum Gasteiger partial charge on any atom is -0.387 e. The zero-order chi connectivity index (χ0) is 11.4. The molecule has 0 bridgehead atoms. The normalized spacial score (nSPS) is 19.6. The summed E-state index contributed by atoms with van der Waals surface area (Å²) < 4.78 is 1.21. The van der Waals surface area contributed by atoms with Gasteiger partial charge < -0.3 is 10.0 Å². The first kappa shape index (κ1) is 12.3. The van der Waals surface area contributed by atoms with Crippen molar-refractivity contribution < 1.29 is 5.11 Å². The van der Waals surface area contributed by atoms with Gasteiger partial charge in [-0.05, 0) is 66.2 Å². The Morgan fingerprint density at radius 1 is 1.12 bits per heavy atom. The Hall–Kier alpha value is -0.130. The van der Waals surface area contributed by atoms with Gasteiger partial charge in [0.05, 0.1) is 6.10 Å². The number of aliphatic hydroxyl groups excluding tert-OH is 1. The van der Waals surface area contributed by atoms with Crippen LogP contribution in [0.5, 0.6) is 0 Å². The number of rotatable bonds is 3. The van der Waals surface area contributed by atoms with Gasteiger partial charge >= 0.3 is 0 Å². The summed E-state index contributed by atoms with van der Waals surface area (Å²) in [6.45, 7) is 3.06. The number of halogens is 1. The van der Waals surface area contributed by atoms with Gasteiger partial charge in [0.15, 0.2) is 0 Å². The zero-order valence-electron chi connectivity index (χ0n) is 9.40. The second-order valence-corrected chi connectivity index (χ2v) is 5.67. The SMILES string of the molecule is OC(CN1CCCCC1)c1ccc(I)cc1. The summed E-state index contributed by atoms with van der Waals surface area (Å²) >= 11 is 2.28. The maximum absolute atomic E-state index is 10.1. The van der Waals surface area contributed by atoms with Crippen LogP contribution < -0.4 is 0 Å². The molecule has 3 heteroatoms. The highest BCUT2D eigenvalue weighted by atomic mass is 127. The lowest BCUT2D eigenvalue weighted by Crippen LogP contribution is -2.33. The number of β-amino-alcohol motifs (C(OH)–C–C–N with tert-alkyl or cyclic N) is 1. The fourth-order valence-corrected chi connectivity index (χ4v) is 2.54. The summed E-state index contributed by atoms with van der Waals surface area (Å²) in [5.41, 5.74) is 1.03. The number of hydrogen-bond acceptors (Lipinski definition) is 2. The lowest BCUT2D eigenvalue weighted by molar-refractivity contribution is 0.101. The van der Waals surface area contributed by atoms with Crippen molar-refractivity contribution in [2.75, 3.05) is 19.6 Å². The van der Waals surface area contributed by atoms with Crippen LogP contribution in [0.2, 0.25) is 0 Å². The predicted molar refractivity (Wildman–Crippen MR) is 74.4 cm³/mol. The van der Waals surface area contributed by atoms with Crippen molar-refractivity contribution in [2.24, 2.45) is 0 Å². The molecule has 2 rings (SSSR count). The molecule has 2 nitrogen and oxygen atoms in total. The fraction of sp³-hybridized carbons (Fsp3) is 0.538. The van der Waals surface area contributed by atoms with Crippen LogP contribution in [0.3, 0.4) is 0 Å². The van der Waals surface area contributed by atoms with Gasteiger partial charge in [0, 0.05) is 10.1 Å². The molecule has 1 aliphatic rings. The van der Waals surface area contributed by atoms with E-state index >= 15 is 0 Å². The Morgan fingerprint density at radius 3 is 2.38 bits per heavy atom. The smallest absolute Gasteiger partial charge is 0.0916 e. The van der Waals surface area contributed by atoms with Crippen LogP contribution in [0, 0.1) is 3.57 Å². The molecule has 1 aromatic rings. The first-order chi connectivity index (χ1) is 7.75. The van der Waals surface area contributed by atoms with Crippen molar-refractivity contribution in [3.63, 3.8) is 0 Å². The van der Waals surface area contributed by atoms with Crippen LogP contribution in [-0.2, 0) is 0 Å². The number of nitrogens with zero attached hydrogens (tertiary/aromatic N) is 1. The minimum atomic E-state index is -0.338. The molecular formula is C13H18INO. The Morgan fingerprint density at radius 2 is 1.75 bits per heavy atom. The molecule has 1 aliphatic heterocycles. The van der Waals surface area contributed by atoms with Crippen LogP contribution in [0.25, 0.3) is 0 Å². The summed E-state index contributed by atoms with van der Waals surface area (Å²) in [4.78, 5) is 2.37. The van der Waals surface area contributed by atoms with E-state index in [9.17, 15) is 5.11 Å². The van der Waals surface area contributed by atoms with Gasteiger partial charge in [-0.1, -0.05) is 18.6 Å². The number of piperidine rings is 1. The third kappa shape index (κ3) is 3.43. The third-order valence-electron chi connectivity index (χ3n) is 3.13. The van der Waals surface area contributed by atoms with Gasteiger partial charge in [-0.2, -0.15) is 0 Å². The van der Waals surface area contributed by atoms with Crippen molar-refractivity contribution in [2.45, 2.75) is 25.4 Å². The summed E-state index contributed by atoms with van der Waals surface area (Å²) in [5.74, 6) is 0. The average molecular weight is 331 g/mol. The largest absolute Gasteiger partial charge is 0.387 e. The summed E-state index contributed by atoms with van der Waals surface area (Å²) in [6.07, 6.45) is 3.56. The first-order valence-corrected chi connectivity index (χ1v) is 6.99. The molecule has 0 aliphatic carbocycles. The maximum atomic E-state index is 10.1. The zero-order valence-corrected chi connectivity index (χ0v) is 11.6. The molecule has 1 atom stereocenters. The third-order valence-corrected chi connectivity index (χ3v) is 3.85. The van der Waals surface area contributed by atoms with Gasteiger partial charge in [-0.15, -0.1) is 0 Å². The molecule has 1 aromatic carbocycles. The van der Waals surface area contributed by atoms with Gasteiger partial charge in [-0.25, -0.2) is 0 Å². The van der Waals surface area contributed by atoms with E-state index in [4.69, 9.17) is 0 Å². The number of hydrogen-bond donors (Lipinski definition) is 1. The van der Waals surface area contributed by atoms with Crippen LogP contribution in [0.1, 0.15) is 30.9 Å². The molecule has 1 N–H and O–H groups in total. The number of benzene rings is 1.